The third-order valence-corrected chi connectivity index (χ3v) is 2.15. The summed E-state index contributed by atoms with van der Waals surface area (Å²) in [6, 6.07) is 4.43. The molecule has 3 heteroatoms. The van der Waals surface area contributed by atoms with E-state index in [4.69, 9.17) is 0 Å². The van der Waals surface area contributed by atoms with Gasteiger partial charge in [0.05, 0.1) is 0 Å². The van der Waals surface area contributed by atoms with Gasteiger partial charge < -0.3 is 0 Å². The Balaban J connectivity index is 3.06. The highest BCUT2D eigenvalue weighted by Gasteiger charge is 1.96. The first-order valence-electron chi connectivity index (χ1n) is 3.17. The minimum absolute atomic E-state index is 0.481. The molecule has 0 radical (unpaired) electrons. The smallest absolute Gasteiger partial charge is 0.126 e. The highest BCUT2D eigenvalue weighted by molar-refractivity contribution is 6.08. The van der Waals surface area contributed by atoms with Crippen molar-refractivity contribution in [2.75, 3.05) is 0 Å². The van der Waals surface area contributed by atoms with Gasteiger partial charge in [-0.05, 0) is 23.7 Å². The fourth-order valence-electron chi connectivity index (χ4n) is 0.815. The van der Waals surface area contributed by atoms with Crippen LogP contribution in [0.5, 0.6) is 0 Å². The van der Waals surface area contributed by atoms with E-state index in [2.05, 4.69) is 0 Å². The molecule has 0 aliphatic heterocycles. The Morgan fingerprint density at radius 3 is 2.00 bits per heavy atom. The molecule has 0 N–H and O–H groups in total. The van der Waals surface area contributed by atoms with Crippen molar-refractivity contribution in [3.63, 3.8) is 0 Å². The Hall–Kier alpha value is -0.703. The molecule has 0 bridgehead atoms. The van der Waals surface area contributed by atoms with Gasteiger partial charge in [-0.1, -0.05) is 0 Å². The van der Waals surface area contributed by atoms with Gasteiger partial charge in [-0.2, -0.15) is 0 Å². The van der Waals surface area contributed by atoms with Crippen molar-refractivity contribution in [3.05, 3.63) is 35.4 Å². The first-order valence-corrected chi connectivity index (χ1v) is 4.58. The van der Waals surface area contributed by atoms with Crippen LogP contribution in [0.4, 0.5) is 8.78 Å². The van der Waals surface area contributed by atoms with Crippen LogP contribution >= 0.6 is 0 Å². The first-order chi connectivity index (χ1) is 4.72. The van der Waals surface area contributed by atoms with Crippen LogP contribution in [-0.4, -0.2) is 10.2 Å². The second-order valence-corrected chi connectivity index (χ2v) is 2.84. The maximum absolute atomic E-state index is 12.4. The molecule has 0 spiro atoms. The number of hydrogen-bond acceptors (Lipinski definition) is 0. The summed E-state index contributed by atoms with van der Waals surface area (Å²) in [6.45, 7) is 0. The van der Waals surface area contributed by atoms with E-state index in [0.29, 0.717) is 0 Å². The zero-order chi connectivity index (χ0) is 7.56. The van der Waals surface area contributed by atoms with Gasteiger partial charge >= 0.3 is 0 Å². The minimum atomic E-state index is -0.481. The molecule has 0 unspecified atom stereocenters. The van der Waals surface area contributed by atoms with Crippen molar-refractivity contribution in [2.45, 2.75) is 6.04 Å². The van der Waals surface area contributed by atoms with Gasteiger partial charge in [0.15, 0.2) is 0 Å². The van der Waals surface area contributed by atoms with E-state index in [1.807, 2.05) is 0 Å². The fourth-order valence-corrected chi connectivity index (χ4v) is 1.22. The average molecular weight is 158 g/mol. The quantitative estimate of drug-likeness (QED) is 0.531. The second-order valence-electron chi connectivity index (χ2n) is 2.13. The van der Waals surface area contributed by atoms with Crippen molar-refractivity contribution in [2.24, 2.45) is 0 Å². The van der Waals surface area contributed by atoms with Crippen LogP contribution in [0.2, 0.25) is 0 Å². The molecule has 54 valence electrons. The van der Waals surface area contributed by atoms with E-state index in [9.17, 15) is 8.78 Å². The molecular formula is C7H8F2Si. The molecule has 10 heavy (non-hydrogen) atoms. The van der Waals surface area contributed by atoms with Crippen molar-refractivity contribution in [1.29, 1.82) is 0 Å². The van der Waals surface area contributed by atoms with Gasteiger partial charge in [-0.3, -0.25) is 0 Å². The molecule has 1 rings (SSSR count). The molecule has 0 saturated heterocycles. The molecule has 0 saturated carbocycles. The lowest BCUT2D eigenvalue weighted by molar-refractivity contribution is 0.581. The summed E-state index contributed by atoms with van der Waals surface area (Å²) in [7, 11) is 0.939. The van der Waals surface area contributed by atoms with Crippen LogP contribution < -0.4 is 0 Å². The zero-order valence-corrected chi connectivity index (χ0v) is 7.70. The van der Waals surface area contributed by atoms with Crippen LogP contribution in [0.15, 0.2) is 18.2 Å². The molecule has 0 amide bonds. The average Bonchev–Trinajstić information content (AvgIpc) is 1.85. The third-order valence-electron chi connectivity index (χ3n) is 1.33. The van der Waals surface area contributed by atoms with E-state index in [1.165, 1.54) is 12.1 Å². The van der Waals surface area contributed by atoms with E-state index < -0.39 is 11.6 Å². The largest absolute Gasteiger partial charge is 0.207 e. The standard InChI is InChI=1S/C7H8F2Si/c8-6-1-5(4-10)2-7(9)3-6/h1-3H,4H2,10H3. The zero-order valence-electron chi connectivity index (χ0n) is 5.70. The maximum Gasteiger partial charge on any atom is 0.126 e. The second kappa shape index (κ2) is 2.92. The van der Waals surface area contributed by atoms with Gasteiger partial charge in [0, 0.05) is 16.3 Å². The summed E-state index contributed by atoms with van der Waals surface area (Å²) in [5.41, 5.74) is 0.754. The maximum atomic E-state index is 12.4. The Labute approximate surface area is 61.3 Å². The highest BCUT2D eigenvalue weighted by atomic mass is 28.1. The summed E-state index contributed by atoms with van der Waals surface area (Å²) < 4.78 is 24.8. The lowest BCUT2D eigenvalue weighted by Gasteiger charge is -1.95. The van der Waals surface area contributed by atoms with Gasteiger partial charge in [-0.15, -0.1) is 0 Å². The van der Waals surface area contributed by atoms with Crippen LogP contribution in [0, 0.1) is 11.6 Å². The van der Waals surface area contributed by atoms with Crippen LogP contribution in [0.25, 0.3) is 0 Å². The first kappa shape index (κ1) is 7.40. The molecule has 0 atom stereocenters. The predicted molar refractivity (Wildman–Crippen MR) is 40.0 cm³/mol. The number of hydrogen-bond donors (Lipinski definition) is 0. The van der Waals surface area contributed by atoms with E-state index in [-0.39, 0.29) is 0 Å². The summed E-state index contributed by atoms with van der Waals surface area (Å²) in [6.07, 6.45) is 0. The topological polar surface area (TPSA) is 0 Å². The molecule has 0 fully saturated rings. The minimum Gasteiger partial charge on any atom is -0.207 e. The Morgan fingerprint density at radius 2 is 1.60 bits per heavy atom. The summed E-state index contributed by atoms with van der Waals surface area (Å²) in [4.78, 5) is 0. The van der Waals surface area contributed by atoms with Crippen LogP contribution in [0.1, 0.15) is 5.56 Å². The molecular weight excluding hydrogens is 150 g/mol. The summed E-state index contributed by atoms with van der Waals surface area (Å²) in [5, 5.41) is 0. The summed E-state index contributed by atoms with van der Waals surface area (Å²) >= 11 is 0. The fraction of sp³-hybridized carbons (Fsp3) is 0.143. The van der Waals surface area contributed by atoms with Gasteiger partial charge in [0.2, 0.25) is 0 Å². The Morgan fingerprint density at radius 1 is 1.10 bits per heavy atom. The van der Waals surface area contributed by atoms with Crippen LogP contribution in [0.3, 0.4) is 0 Å². The van der Waals surface area contributed by atoms with Gasteiger partial charge in [0.25, 0.3) is 0 Å². The number of benzene rings is 1. The third kappa shape index (κ3) is 1.64. The monoisotopic (exact) mass is 158 g/mol. The Bertz CT molecular complexity index is 215. The molecule has 0 nitrogen and oxygen atoms in total. The predicted octanol–water partition coefficient (Wildman–Crippen LogP) is 0.830. The van der Waals surface area contributed by atoms with Crippen LogP contribution in [-0.2, 0) is 6.04 Å². The van der Waals surface area contributed by atoms with Crippen molar-refractivity contribution in [3.8, 4) is 0 Å². The van der Waals surface area contributed by atoms with E-state index in [0.717, 1.165) is 27.9 Å². The molecule has 1 aromatic rings. The highest BCUT2D eigenvalue weighted by Crippen LogP contribution is 2.06. The van der Waals surface area contributed by atoms with Crippen molar-refractivity contribution >= 4 is 10.2 Å². The molecule has 0 heterocycles. The molecule has 0 aromatic heterocycles. The van der Waals surface area contributed by atoms with Crippen molar-refractivity contribution in [1.82, 2.24) is 0 Å². The van der Waals surface area contributed by atoms with Gasteiger partial charge in [-0.25, -0.2) is 8.78 Å². The van der Waals surface area contributed by atoms with E-state index >= 15 is 0 Å². The summed E-state index contributed by atoms with van der Waals surface area (Å²) in [5.74, 6) is -0.961. The number of halogens is 2. The Kier molecular flexibility index (Phi) is 2.16. The SMILES string of the molecule is Fc1cc(F)cc(C[SiH3])c1. The normalized spacial score (nSPS) is 10.2. The molecule has 0 aliphatic carbocycles. The van der Waals surface area contributed by atoms with Gasteiger partial charge in [0.1, 0.15) is 11.6 Å². The van der Waals surface area contributed by atoms with Crippen molar-refractivity contribution < 1.29 is 8.78 Å². The molecule has 1 aromatic carbocycles. The number of rotatable bonds is 1. The lowest BCUT2D eigenvalue weighted by Crippen LogP contribution is -1.87. The molecule has 0 aliphatic rings. The lowest BCUT2D eigenvalue weighted by atomic mass is 10.2. The van der Waals surface area contributed by atoms with E-state index in [1.54, 1.807) is 0 Å².